The van der Waals surface area contributed by atoms with Crippen LogP contribution in [0.15, 0.2) is 41.0 Å². The maximum atomic E-state index is 9.14. The van der Waals surface area contributed by atoms with E-state index in [-0.39, 0.29) is 6.61 Å². The summed E-state index contributed by atoms with van der Waals surface area (Å²) in [5.41, 5.74) is 1.69. The maximum absolute atomic E-state index is 9.14. The second-order valence-corrected chi connectivity index (χ2v) is 4.45. The van der Waals surface area contributed by atoms with Crippen LogP contribution in [0.2, 0.25) is 5.02 Å². The molecule has 2 nitrogen and oxygen atoms in total. The molecule has 0 bridgehead atoms. The number of hydrogen-bond donors (Lipinski definition) is 1. The van der Waals surface area contributed by atoms with Gasteiger partial charge in [-0.2, -0.15) is 0 Å². The third-order valence-electron chi connectivity index (χ3n) is 2.16. The zero-order chi connectivity index (χ0) is 10.8. The van der Waals surface area contributed by atoms with Crippen molar-refractivity contribution in [1.29, 1.82) is 0 Å². The SMILES string of the molecule is OCc1cccn1-c1ccc(Br)cc1Cl. The summed E-state index contributed by atoms with van der Waals surface area (Å²) in [6.07, 6.45) is 1.88. The van der Waals surface area contributed by atoms with Crippen molar-refractivity contribution in [3.63, 3.8) is 0 Å². The summed E-state index contributed by atoms with van der Waals surface area (Å²) < 4.78 is 2.81. The Hall–Kier alpha value is -0.770. The van der Waals surface area contributed by atoms with Crippen LogP contribution >= 0.6 is 27.5 Å². The van der Waals surface area contributed by atoms with Crippen molar-refractivity contribution in [3.8, 4) is 5.69 Å². The van der Waals surface area contributed by atoms with Crippen molar-refractivity contribution in [3.05, 3.63) is 51.7 Å². The van der Waals surface area contributed by atoms with Crippen molar-refractivity contribution in [2.75, 3.05) is 0 Å². The second kappa shape index (κ2) is 4.39. The largest absolute Gasteiger partial charge is 0.390 e. The van der Waals surface area contributed by atoms with Crippen molar-refractivity contribution in [2.45, 2.75) is 6.61 Å². The van der Waals surface area contributed by atoms with Gasteiger partial charge < -0.3 is 9.67 Å². The molecule has 0 aliphatic rings. The van der Waals surface area contributed by atoms with Crippen LogP contribution in [0.1, 0.15) is 5.69 Å². The Morgan fingerprint density at radius 2 is 2.13 bits per heavy atom. The minimum atomic E-state index is -0.000602. The molecule has 0 radical (unpaired) electrons. The summed E-state index contributed by atoms with van der Waals surface area (Å²) in [6, 6.07) is 9.40. The fourth-order valence-corrected chi connectivity index (χ4v) is 2.22. The first-order valence-electron chi connectivity index (χ1n) is 4.45. The number of aliphatic hydroxyl groups excluding tert-OH is 1. The molecule has 15 heavy (non-hydrogen) atoms. The van der Waals surface area contributed by atoms with Crippen molar-refractivity contribution >= 4 is 27.5 Å². The summed E-state index contributed by atoms with van der Waals surface area (Å²) >= 11 is 9.47. The lowest BCUT2D eigenvalue weighted by Gasteiger charge is -2.09. The average Bonchev–Trinajstić information content (AvgIpc) is 2.65. The molecule has 78 valence electrons. The third kappa shape index (κ3) is 2.09. The summed E-state index contributed by atoms with van der Waals surface area (Å²) in [4.78, 5) is 0. The molecule has 0 saturated carbocycles. The number of rotatable bonds is 2. The van der Waals surface area contributed by atoms with Gasteiger partial charge in [-0.25, -0.2) is 0 Å². The highest BCUT2D eigenvalue weighted by atomic mass is 79.9. The molecule has 1 heterocycles. The Morgan fingerprint density at radius 1 is 1.33 bits per heavy atom. The molecule has 1 N–H and O–H groups in total. The number of benzene rings is 1. The van der Waals surface area contributed by atoms with E-state index in [1.165, 1.54) is 0 Å². The lowest BCUT2D eigenvalue weighted by Crippen LogP contribution is -1.99. The topological polar surface area (TPSA) is 25.2 Å². The Bertz CT molecular complexity index is 481. The third-order valence-corrected chi connectivity index (χ3v) is 2.96. The molecule has 4 heteroatoms. The van der Waals surface area contributed by atoms with Crippen molar-refractivity contribution in [2.24, 2.45) is 0 Å². The van der Waals surface area contributed by atoms with Gasteiger partial charge in [-0.3, -0.25) is 0 Å². The normalized spacial score (nSPS) is 10.6. The fourth-order valence-electron chi connectivity index (χ4n) is 1.46. The van der Waals surface area contributed by atoms with Gasteiger partial charge in [0.05, 0.1) is 17.3 Å². The Morgan fingerprint density at radius 3 is 2.80 bits per heavy atom. The number of aliphatic hydroxyl groups is 1. The minimum Gasteiger partial charge on any atom is -0.390 e. The molecule has 0 spiro atoms. The molecule has 1 aromatic carbocycles. The van der Waals surface area contributed by atoms with Crippen LogP contribution in [0, 0.1) is 0 Å². The molecule has 0 fully saturated rings. The zero-order valence-electron chi connectivity index (χ0n) is 7.82. The molecular weight excluding hydrogens is 277 g/mol. The average molecular weight is 287 g/mol. The quantitative estimate of drug-likeness (QED) is 0.899. The molecule has 1 aromatic heterocycles. The van der Waals surface area contributed by atoms with E-state index in [0.29, 0.717) is 5.02 Å². The van der Waals surface area contributed by atoms with E-state index in [1.807, 2.05) is 41.1 Å². The monoisotopic (exact) mass is 285 g/mol. The van der Waals surface area contributed by atoms with Crippen LogP contribution in [0.4, 0.5) is 0 Å². The van der Waals surface area contributed by atoms with Gasteiger partial charge in [0.1, 0.15) is 0 Å². The van der Waals surface area contributed by atoms with Crippen LogP contribution < -0.4 is 0 Å². The molecular formula is C11H9BrClNO. The number of hydrogen-bond acceptors (Lipinski definition) is 1. The van der Waals surface area contributed by atoms with E-state index in [1.54, 1.807) is 0 Å². The summed E-state index contributed by atoms with van der Waals surface area (Å²) in [6.45, 7) is -0.000602. The van der Waals surface area contributed by atoms with Gasteiger partial charge in [0, 0.05) is 16.4 Å². The van der Waals surface area contributed by atoms with Gasteiger partial charge in [-0.15, -0.1) is 0 Å². The summed E-state index contributed by atoms with van der Waals surface area (Å²) in [7, 11) is 0. The van der Waals surface area contributed by atoms with E-state index in [0.717, 1.165) is 15.9 Å². The second-order valence-electron chi connectivity index (χ2n) is 3.12. The molecule has 0 unspecified atom stereocenters. The van der Waals surface area contributed by atoms with Gasteiger partial charge in [0.2, 0.25) is 0 Å². The highest BCUT2D eigenvalue weighted by molar-refractivity contribution is 9.10. The number of aromatic nitrogens is 1. The zero-order valence-corrected chi connectivity index (χ0v) is 10.2. The molecule has 0 atom stereocenters. The van der Waals surface area contributed by atoms with Gasteiger partial charge in [0.25, 0.3) is 0 Å². The minimum absolute atomic E-state index is 0.000602. The molecule has 2 rings (SSSR count). The van der Waals surface area contributed by atoms with E-state index in [2.05, 4.69) is 15.9 Å². The Balaban J connectivity index is 2.54. The predicted octanol–water partition coefficient (Wildman–Crippen LogP) is 3.39. The van der Waals surface area contributed by atoms with Crippen LogP contribution in [-0.2, 0) is 6.61 Å². The van der Waals surface area contributed by atoms with Crippen molar-refractivity contribution < 1.29 is 5.11 Å². The number of halogens is 2. The van der Waals surface area contributed by atoms with Crippen LogP contribution in [0.25, 0.3) is 5.69 Å². The number of nitrogens with zero attached hydrogens (tertiary/aromatic N) is 1. The van der Waals surface area contributed by atoms with E-state index >= 15 is 0 Å². The Kier molecular flexibility index (Phi) is 3.14. The Labute approximate surface area is 101 Å². The van der Waals surface area contributed by atoms with E-state index < -0.39 is 0 Å². The summed E-state index contributed by atoms with van der Waals surface area (Å²) in [5.74, 6) is 0. The first kappa shape index (κ1) is 10.7. The fraction of sp³-hybridized carbons (Fsp3) is 0.0909. The molecule has 2 aromatic rings. The van der Waals surface area contributed by atoms with Gasteiger partial charge >= 0.3 is 0 Å². The standard InChI is InChI=1S/C11H9BrClNO/c12-8-3-4-11(10(13)6-8)14-5-1-2-9(14)7-15/h1-6,15H,7H2. The van der Waals surface area contributed by atoms with Crippen molar-refractivity contribution in [1.82, 2.24) is 4.57 Å². The van der Waals surface area contributed by atoms with Gasteiger partial charge in [0.15, 0.2) is 0 Å². The van der Waals surface area contributed by atoms with Gasteiger partial charge in [-0.05, 0) is 30.3 Å². The molecule has 0 amide bonds. The first-order chi connectivity index (χ1) is 7.22. The van der Waals surface area contributed by atoms with Gasteiger partial charge in [-0.1, -0.05) is 27.5 Å². The van der Waals surface area contributed by atoms with Crippen LogP contribution in [0.5, 0.6) is 0 Å². The highest BCUT2D eigenvalue weighted by Gasteiger charge is 2.06. The summed E-state index contributed by atoms with van der Waals surface area (Å²) in [5, 5.41) is 9.79. The highest BCUT2D eigenvalue weighted by Crippen LogP contribution is 2.25. The van der Waals surface area contributed by atoms with Crippen LogP contribution in [0.3, 0.4) is 0 Å². The van der Waals surface area contributed by atoms with E-state index in [9.17, 15) is 0 Å². The van der Waals surface area contributed by atoms with Crippen LogP contribution in [-0.4, -0.2) is 9.67 Å². The molecule has 0 saturated heterocycles. The molecule has 0 aliphatic heterocycles. The maximum Gasteiger partial charge on any atom is 0.0836 e. The van der Waals surface area contributed by atoms with E-state index in [4.69, 9.17) is 16.7 Å². The smallest absolute Gasteiger partial charge is 0.0836 e. The lowest BCUT2D eigenvalue weighted by molar-refractivity contribution is 0.274. The molecule has 0 aliphatic carbocycles. The predicted molar refractivity (Wildman–Crippen MR) is 64.4 cm³/mol. The lowest BCUT2D eigenvalue weighted by atomic mass is 10.3. The first-order valence-corrected chi connectivity index (χ1v) is 5.62.